The van der Waals surface area contributed by atoms with Gasteiger partial charge in [-0.25, -0.2) is 0 Å². The second kappa shape index (κ2) is 10.9. The molecule has 0 atom stereocenters. The van der Waals surface area contributed by atoms with Gasteiger partial charge in [0.15, 0.2) is 5.96 Å². The molecule has 154 valence electrons. The summed E-state index contributed by atoms with van der Waals surface area (Å²) < 4.78 is 0. The molecule has 0 saturated carbocycles. The summed E-state index contributed by atoms with van der Waals surface area (Å²) in [6, 6.07) is 17.2. The van der Waals surface area contributed by atoms with E-state index in [1.165, 1.54) is 10.5 Å². The average molecular weight is 506 g/mol. The van der Waals surface area contributed by atoms with Crippen LogP contribution in [-0.2, 0) is 6.54 Å². The number of carbonyl (C=O) groups excluding carboxylic acids is 2. The van der Waals surface area contributed by atoms with Gasteiger partial charge >= 0.3 is 0 Å². The van der Waals surface area contributed by atoms with Crippen LogP contribution < -0.4 is 5.32 Å². The number of fused-ring (bicyclic) bond motifs is 1. The van der Waals surface area contributed by atoms with E-state index >= 15 is 0 Å². The Morgan fingerprint density at radius 1 is 0.966 bits per heavy atom. The van der Waals surface area contributed by atoms with Crippen LogP contribution in [0.2, 0.25) is 0 Å². The van der Waals surface area contributed by atoms with Crippen molar-refractivity contribution in [3.8, 4) is 0 Å². The minimum absolute atomic E-state index is 0. The molecule has 0 aliphatic carbocycles. The summed E-state index contributed by atoms with van der Waals surface area (Å²) in [5, 5.41) is 3.34. The third-order valence-corrected chi connectivity index (χ3v) is 4.81. The molecule has 2 amide bonds. The molecule has 0 unspecified atom stereocenters. The number of amides is 2. The van der Waals surface area contributed by atoms with Crippen molar-refractivity contribution in [1.29, 1.82) is 0 Å². The molecule has 1 N–H and O–H groups in total. The van der Waals surface area contributed by atoms with Crippen molar-refractivity contribution in [1.82, 2.24) is 15.1 Å². The van der Waals surface area contributed by atoms with Crippen molar-refractivity contribution in [2.24, 2.45) is 4.99 Å². The summed E-state index contributed by atoms with van der Waals surface area (Å²) in [5.74, 6) is 0.448. The number of guanidine groups is 1. The quantitative estimate of drug-likeness (QED) is 0.206. The van der Waals surface area contributed by atoms with Crippen molar-refractivity contribution in [2.45, 2.75) is 19.4 Å². The number of rotatable bonds is 7. The zero-order chi connectivity index (χ0) is 19.9. The van der Waals surface area contributed by atoms with Gasteiger partial charge in [-0.1, -0.05) is 42.5 Å². The number of hydrogen-bond acceptors (Lipinski definition) is 3. The minimum atomic E-state index is -0.188. The van der Waals surface area contributed by atoms with E-state index in [2.05, 4.69) is 27.3 Å². The number of aliphatic imine (C=N–C) groups is 1. The van der Waals surface area contributed by atoms with Crippen molar-refractivity contribution < 1.29 is 9.59 Å². The van der Waals surface area contributed by atoms with Gasteiger partial charge < -0.3 is 10.2 Å². The first-order valence-corrected chi connectivity index (χ1v) is 9.52. The van der Waals surface area contributed by atoms with Crippen molar-refractivity contribution in [2.75, 3.05) is 27.2 Å². The molecule has 6 nitrogen and oxygen atoms in total. The van der Waals surface area contributed by atoms with Gasteiger partial charge in [-0.15, -0.1) is 24.0 Å². The number of hydrogen-bond donors (Lipinski definition) is 1. The van der Waals surface area contributed by atoms with E-state index < -0.39 is 0 Å². The Kier molecular flexibility index (Phi) is 8.63. The van der Waals surface area contributed by atoms with Gasteiger partial charge in [0.2, 0.25) is 0 Å². The van der Waals surface area contributed by atoms with E-state index in [4.69, 9.17) is 0 Å². The van der Waals surface area contributed by atoms with E-state index in [0.29, 0.717) is 17.7 Å². The number of benzene rings is 2. The van der Waals surface area contributed by atoms with Crippen molar-refractivity contribution >= 4 is 41.8 Å². The molecule has 1 heterocycles. The van der Waals surface area contributed by atoms with Gasteiger partial charge in [-0.05, 0) is 30.5 Å². The van der Waals surface area contributed by atoms with Gasteiger partial charge in [-0.3, -0.25) is 19.5 Å². The van der Waals surface area contributed by atoms with Crippen LogP contribution in [0.3, 0.4) is 0 Å². The number of nitrogens with one attached hydrogen (secondary N) is 1. The van der Waals surface area contributed by atoms with Gasteiger partial charge in [0.1, 0.15) is 0 Å². The van der Waals surface area contributed by atoms with Crippen LogP contribution in [0.5, 0.6) is 0 Å². The molecule has 0 radical (unpaired) electrons. The molecule has 0 bridgehead atoms. The smallest absolute Gasteiger partial charge is 0.261 e. The normalized spacial score (nSPS) is 13.2. The predicted octanol–water partition coefficient (Wildman–Crippen LogP) is 3.39. The average Bonchev–Trinajstić information content (AvgIpc) is 2.96. The highest BCUT2D eigenvalue weighted by Crippen LogP contribution is 2.22. The van der Waals surface area contributed by atoms with E-state index in [-0.39, 0.29) is 35.8 Å². The lowest BCUT2D eigenvalue weighted by molar-refractivity contribution is 0.0652. The fourth-order valence-corrected chi connectivity index (χ4v) is 3.35. The van der Waals surface area contributed by atoms with E-state index in [9.17, 15) is 9.59 Å². The topological polar surface area (TPSA) is 65.0 Å². The lowest BCUT2D eigenvalue weighted by Crippen LogP contribution is -2.39. The molecular formula is C22H27IN4O2. The Balaban J connectivity index is 0.00000300. The molecule has 0 aromatic heterocycles. The monoisotopic (exact) mass is 506 g/mol. The van der Waals surface area contributed by atoms with E-state index in [0.717, 1.165) is 31.9 Å². The van der Waals surface area contributed by atoms with Crippen LogP contribution in [0.15, 0.2) is 59.6 Å². The Morgan fingerprint density at radius 2 is 1.55 bits per heavy atom. The SMILES string of the molecule is CN=C(NCCCCN1C(=O)c2ccccc2C1=O)N(C)Cc1ccccc1.I. The zero-order valence-electron chi connectivity index (χ0n) is 16.8. The van der Waals surface area contributed by atoms with Crippen LogP contribution in [0.1, 0.15) is 39.1 Å². The zero-order valence-corrected chi connectivity index (χ0v) is 19.1. The number of halogens is 1. The van der Waals surface area contributed by atoms with E-state index in [1.807, 2.05) is 25.2 Å². The largest absolute Gasteiger partial charge is 0.356 e. The molecule has 2 aromatic rings. The molecule has 1 aliphatic rings. The number of carbonyl (C=O) groups is 2. The first kappa shape index (κ1) is 22.9. The van der Waals surface area contributed by atoms with Crippen LogP contribution in [0.4, 0.5) is 0 Å². The second-order valence-corrected chi connectivity index (χ2v) is 6.83. The number of unbranched alkanes of at least 4 members (excludes halogenated alkanes) is 1. The molecule has 0 spiro atoms. The lowest BCUT2D eigenvalue weighted by Gasteiger charge is -2.22. The maximum atomic E-state index is 12.4. The third-order valence-electron chi connectivity index (χ3n) is 4.81. The van der Waals surface area contributed by atoms with Crippen LogP contribution in [0, 0.1) is 0 Å². The highest BCUT2D eigenvalue weighted by Gasteiger charge is 2.34. The first-order chi connectivity index (χ1) is 13.6. The molecule has 29 heavy (non-hydrogen) atoms. The number of imide groups is 1. The summed E-state index contributed by atoms with van der Waals surface area (Å²) in [4.78, 5) is 32.4. The Morgan fingerprint density at radius 3 is 2.14 bits per heavy atom. The predicted molar refractivity (Wildman–Crippen MR) is 126 cm³/mol. The fraction of sp³-hybridized carbons (Fsp3) is 0.318. The van der Waals surface area contributed by atoms with Crippen molar-refractivity contribution in [3.05, 3.63) is 71.3 Å². The fourth-order valence-electron chi connectivity index (χ4n) is 3.35. The number of nitrogens with zero attached hydrogens (tertiary/aromatic N) is 3. The third kappa shape index (κ3) is 5.56. The van der Waals surface area contributed by atoms with Crippen LogP contribution >= 0.6 is 24.0 Å². The molecule has 1 aliphatic heterocycles. The Hall–Kier alpha value is -2.42. The molecule has 7 heteroatoms. The maximum Gasteiger partial charge on any atom is 0.261 e. The summed E-state index contributed by atoms with van der Waals surface area (Å²) in [7, 11) is 3.77. The summed E-state index contributed by atoms with van der Waals surface area (Å²) in [6.45, 7) is 1.94. The highest BCUT2D eigenvalue weighted by molar-refractivity contribution is 14.0. The molecule has 0 fully saturated rings. The molecule has 3 rings (SSSR count). The molecular weight excluding hydrogens is 479 g/mol. The van der Waals surface area contributed by atoms with E-state index in [1.54, 1.807) is 31.3 Å². The second-order valence-electron chi connectivity index (χ2n) is 6.83. The highest BCUT2D eigenvalue weighted by atomic mass is 127. The maximum absolute atomic E-state index is 12.4. The lowest BCUT2D eigenvalue weighted by atomic mass is 10.1. The van der Waals surface area contributed by atoms with Crippen molar-refractivity contribution in [3.63, 3.8) is 0 Å². The Bertz CT molecular complexity index is 835. The van der Waals surface area contributed by atoms with Crippen LogP contribution in [-0.4, -0.2) is 54.8 Å². The Labute approximate surface area is 189 Å². The minimum Gasteiger partial charge on any atom is -0.356 e. The molecule has 2 aromatic carbocycles. The first-order valence-electron chi connectivity index (χ1n) is 9.52. The summed E-state index contributed by atoms with van der Waals surface area (Å²) >= 11 is 0. The summed E-state index contributed by atoms with van der Waals surface area (Å²) in [6.07, 6.45) is 1.59. The van der Waals surface area contributed by atoms with Crippen LogP contribution in [0.25, 0.3) is 0 Å². The summed E-state index contributed by atoms with van der Waals surface area (Å²) in [5.41, 5.74) is 2.24. The molecule has 0 saturated heterocycles. The van der Waals surface area contributed by atoms with Gasteiger partial charge in [-0.2, -0.15) is 0 Å². The standard InChI is InChI=1S/C22H26N4O2.HI/c1-23-22(25(2)16-17-10-4-3-5-11-17)24-14-8-9-15-26-20(27)18-12-6-7-13-19(18)21(26)28;/h3-7,10-13H,8-9,14-16H2,1-2H3,(H,23,24);1H. The van der Waals surface area contributed by atoms with Gasteiger partial charge in [0, 0.05) is 33.7 Å². The van der Waals surface area contributed by atoms with Gasteiger partial charge in [0.05, 0.1) is 11.1 Å². The van der Waals surface area contributed by atoms with Gasteiger partial charge in [0.25, 0.3) is 11.8 Å².